The zero-order chi connectivity index (χ0) is 26.9. The highest BCUT2D eigenvalue weighted by Gasteiger charge is 2.42. The van der Waals surface area contributed by atoms with Gasteiger partial charge in [-0.3, -0.25) is 9.78 Å². The number of hydrogen-bond acceptors (Lipinski definition) is 9. The first-order valence-corrected chi connectivity index (χ1v) is 12.5. The number of nitrogens with one attached hydrogen (secondary N) is 1. The fourth-order valence-corrected chi connectivity index (χ4v) is 5.33. The molecule has 1 aromatic heterocycles. The fraction of sp³-hybridized carbons (Fsp3) is 0.385. The second-order valence-corrected chi connectivity index (χ2v) is 10.5. The molecule has 1 aliphatic heterocycles. The van der Waals surface area contributed by atoms with E-state index in [9.17, 15) is 19.6 Å². The van der Waals surface area contributed by atoms with Crippen molar-refractivity contribution in [3.63, 3.8) is 0 Å². The second-order valence-electron chi connectivity index (χ2n) is 9.40. The van der Waals surface area contributed by atoms with Gasteiger partial charge in [0.05, 0.1) is 4.88 Å². The average molecular weight is 529 g/mol. The molecule has 0 aliphatic carbocycles. The maximum Gasteiger partial charge on any atom is 0.341 e. The minimum atomic E-state index is -1.09. The number of fused-ring (bicyclic) bond motifs is 1. The fourth-order valence-electron chi connectivity index (χ4n) is 4.57. The minimum Gasteiger partial charge on any atom is -0.494 e. The summed E-state index contributed by atoms with van der Waals surface area (Å²) in [4.78, 5) is 36.9. The number of carbonyl (C=O) groups is 1. The smallest absolute Gasteiger partial charge is 0.341 e. The lowest BCUT2D eigenvalue weighted by atomic mass is 9.84. The van der Waals surface area contributed by atoms with E-state index in [1.54, 1.807) is 19.1 Å². The van der Waals surface area contributed by atoms with E-state index >= 15 is 0 Å². The van der Waals surface area contributed by atoms with Crippen LogP contribution in [0.2, 0.25) is 0 Å². The van der Waals surface area contributed by atoms with E-state index in [2.05, 4.69) is 10.2 Å². The number of nitroso groups, excluding NO2 is 1. The van der Waals surface area contributed by atoms with Crippen LogP contribution < -0.4 is 19.1 Å². The Hall–Kier alpha value is -3.86. The Bertz CT molecular complexity index is 1400. The van der Waals surface area contributed by atoms with Crippen molar-refractivity contribution >= 4 is 17.3 Å². The summed E-state index contributed by atoms with van der Waals surface area (Å²) >= 11 is 0.969. The summed E-state index contributed by atoms with van der Waals surface area (Å²) in [5.74, 6) is 0.366. The lowest BCUT2D eigenvalue weighted by molar-refractivity contribution is -0.139. The van der Waals surface area contributed by atoms with Crippen LogP contribution in [-0.2, 0) is 11.2 Å². The van der Waals surface area contributed by atoms with Gasteiger partial charge in [0.15, 0.2) is 6.61 Å². The number of ether oxygens (including phenoxy) is 3. The lowest BCUT2D eigenvalue weighted by Crippen LogP contribution is -2.43. The summed E-state index contributed by atoms with van der Waals surface area (Å²) in [7, 11) is 0. The molecule has 0 bridgehead atoms. The molecule has 0 amide bonds. The van der Waals surface area contributed by atoms with Crippen molar-refractivity contribution in [3.05, 3.63) is 71.5 Å². The van der Waals surface area contributed by atoms with Gasteiger partial charge in [-0.25, -0.2) is 4.79 Å². The third-order valence-corrected chi connectivity index (χ3v) is 7.41. The van der Waals surface area contributed by atoms with E-state index in [-0.39, 0.29) is 23.8 Å². The monoisotopic (exact) mass is 528 g/mol. The third kappa shape index (κ3) is 5.46. The zero-order valence-corrected chi connectivity index (χ0v) is 21.7. The van der Waals surface area contributed by atoms with Crippen molar-refractivity contribution in [1.82, 2.24) is 4.98 Å². The van der Waals surface area contributed by atoms with E-state index < -0.39 is 24.2 Å². The number of carboxylic acids is 1. The quantitative estimate of drug-likeness (QED) is 0.343. The van der Waals surface area contributed by atoms with Gasteiger partial charge in [-0.2, -0.15) is 4.91 Å². The van der Waals surface area contributed by atoms with Crippen molar-refractivity contribution in [3.8, 4) is 23.1 Å². The van der Waals surface area contributed by atoms with Crippen LogP contribution in [0.1, 0.15) is 52.1 Å². The predicted molar refractivity (Wildman–Crippen MR) is 137 cm³/mol. The highest BCUT2D eigenvalue weighted by Crippen LogP contribution is 2.49. The molecular formula is C26H28N2O8S. The van der Waals surface area contributed by atoms with Crippen molar-refractivity contribution in [1.29, 1.82) is 0 Å². The van der Waals surface area contributed by atoms with Gasteiger partial charge in [-0.05, 0) is 56.5 Å². The number of aromatic nitrogens is 1. The Morgan fingerprint density at radius 3 is 2.49 bits per heavy atom. The maximum atomic E-state index is 11.9. The number of aromatic hydroxyl groups is 1. The van der Waals surface area contributed by atoms with Gasteiger partial charge in [0.25, 0.3) is 0 Å². The average Bonchev–Trinajstić information content (AvgIpc) is 3.17. The van der Waals surface area contributed by atoms with Crippen LogP contribution in [0.4, 0.5) is 0 Å². The molecule has 2 heterocycles. The molecule has 0 saturated carbocycles. The van der Waals surface area contributed by atoms with Gasteiger partial charge in [0.2, 0.25) is 5.88 Å². The van der Waals surface area contributed by atoms with E-state index in [4.69, 9.17) is 19.3 Å². The normalized spacial score (nSPS) is 18.5. The van der Waals surface area contributed by atoms with Gasteiger partial charge in [0, 0.05) is 24.0 Å². The number of nitrogens with zero attached hydrogens (tertiary/aromatic N) is 1. The Morgan fingerprint density at radius 2 is 1.89 bits per heavy atom. The molecule has 2 aromatic carbocycles. The molecule has 0 spiro atoms. The van der Waals surface area contributed by atoms with Crippen LogP contribution in [0, 0.1) is 25.7 Å². The van der Waals surface area contributed by atoms with Crippen LogP contribution in [0.5, 0.6) is 23.1 Å². The molecule has 0 saturated heterocycles. The molecular weight excluding hydrogens is 500 g/mol. The molecule has 2 unspecified atom stereocenters. The topological polar surface area (TPSA) is 148 Å². The first-order valence-electron chi connectivity index (χ1n) is 11.6. The summed E-state index contributed by atoms with van der Waals surface area (Å²) in [6.07, 6.45) is 0.685. The summed E-state index contributed by atoms with van der Waals surface area (Å²) in [5.41, 5.74) is 2.79. The number of thiazole rings is 1. The van der Waals surface area contributed by atoms with Crippen LogP contribution in [0.3, 0.4) is 0 Å². The van der Waals surface area contributed by atoms with Gasteiger partial charge in [-0.15, -0.1) is 0 Å². The summed E-state index contributed by atoms with van der Waals surface area (Å²) < 4.78 is 18.0. The molecule has 11 heteroatoms. The van der Waals surface area contributed by atoms with E-state index in [1.165, 1.54) is 0 Å². The molecule has 37 heavy (non-hydrogen) atoms. The molecule has 4 rings (SSSR count). The van der Waals surface area contributed by atoms with Crippen LogP contribution in [0.25, 0.3) is 0 Å². The van der Waals surface area contributed by atoms with E-state index in [0.29, 0.717) is 39.7 Å². The summed E-state index contributed by atoms with van der Waals surface area (Å²) in [6.45, 7) is 6.97. The molecule has 0 radical (unpaired) electrons. The minimum absolute atomic E-state index is 0.113. The maximum absolute atomic E-state index is 11.9. The number of carboxylic acid groups (broad SMARTS) is 1. The molecule has 10 nitrogen and oxygen atoms in total. The molecule has 3 N–H and O–H groups in total. The molecule has 2 atom stereocenters. The van der Waals surface area contributed by atoms with Gasteiger partial charge < -0.3 is 24.4 Å². The molecule has 196 valence electrons. The first kappa shape index (κ1) is 26.2. The summed E-state index contributed by atoms with van der Waals surface area (Å²) in [6, 6.07) is 6.58. The number of aromatic amines is 1. The second kappa shape index (κ2) is 10.3. The molecule has 3 aromatic rings. The van der Waals surface area contributed by atoms with E-state index in [0.717, 1.165) is 28.0 Å². The number of benzene rings is 2. The third-order valence-electron chi connectivity index (χ3n) is 6.54. The Balaban J connectivity index is 1.51. The van der Waals surface area contributed by atoms with Gasteiger partial charge in [-0.1, -0.05) is 28.6 Å². The first-order chi connectivity index (χ1) is 17.5. The predicted octanol–water partition coefficient (Wildman–Crippen LogP) is 4.55. The molecule has 1 aliphatic rings. The molecule has 0 fully saturated rings. The van der Waals surface area contributed by atoms with Crippen LogP contribution in [-0.4, -0.2) is 40.0 Å². The van der Waals surface area contributed by atoms with Crippen molar-refractivity contribution < 1.29 is 29.2 Å². The Labute approximate surface area is 216 Å². The van der Waals surface area contributed by atoms with E-state index in [1.807, 2.05) is 32.9 Å². The summed E-state index contributed by atoms with van der Waals surface area (Å²) in [5, 5.41) is 22.2. The van der Waals surface area contributed by atoms with Crippen LogP contribution >= 0.6 is 11.3 Å². The van der Waals surface area contributed by atoms with Crippen molar-refractivity contribution in [2.75, 3.05) is 13.2 Å². The van der Waals surface area contributed by atoms with Gasteiger partial charge in [0.1, 0.15) is 35.5 Å². The number of hydrogen-bond donors (Lipinski definition) is 3. The number of rotatable bonds is 9. The number of H-pyrrole nitrogens is 1. The standard InChI is InChI=1S/C26H28N2O8S/c1-13-14(2)23-21(15(3)22(13)34-11-20(29)30)18(28-33)10-26(4,36-23)12-35-17-7-5-16(6-8-17)9-19-24(31)27-25(32)37-19/h5-8,18,31H,9-12H2,1-4H3,(H,27,32)(H,29,30). The van der Waals surface area contributed by atoms with Crippen LogP contribution in [0.15, 0.2) is 34.2 Å². The Morgan fingerprint density at radius 1 is 1.19 bits per heavy atom. The Kier molecular flexibility index (Phi) is 7.26. The zero-order valence-electron chi connectivity index (χ0n) is 20.9. The lowest BCUT2D eigenvalue weighted by Gasteiger charge is -2.39. The van der Waals surface area contributed by atoms with Crippen molar-refractivity contribution in [2.24, 2.45) is 5.18 Å². The SMILES string of the molecule is Cc1c(C)c2c(c(C)c1OCC(=O)O)C(N=O)CC(C)(COc1ccc(Cc3sc(=O)[nH]c3O)cc1)O2. The van der Waals surface area contributed by atoms with Crippen molar-refractivity contribution in [2.45, 2.75) is 52.2 Å². The highest BCUT2D eigenvalue weighted by atomic mass is 32.1. The number of aliphatic carboxylic acids is 1. The largest absolute Gasteiger partial charge is 0.494 e. The van der Waals surface area contributed by atoms with Gasteiger partial charge >= 0.3 is 10.8 Å². The highest BCUT2D eigenvalue weighted by molar-refractivity contribution is 7.09.